The highest BCUT2D eigenvalue weighted by atomic mass is 32.2. The van der Waals surface area contributed by atoms with Crippen LogP contribution in [0.4, 0.5) is 0 Å². The molecule has 0 aromatic heterocycles. The standard InChI is InChI=1S/C17H23NO4S/c1-13(23(20,21)16-7-10-22-11-8-16)17(19)18-9-6-14-4-2-3-5-15(14)12-18/h2-5,13,16H,6-12H2,1H3. The topological polar surface area (TPSA) is 63.7 Å². The van der Waals surface area contributed by atoms with E-state index in [1.54, 1.807) is 4.90 Å². The predicted molar refractivity (Wildman–Crippen MR) is 87.8 cm³/mol. The number of nitrogens with zero attached hydrogens (tertiary/aromatic N) is 1. The Labute approximate surface area is 137 Å². The smallest absolute Gasteiger partial charge is 0.240 e. The molecule has 0 spiro atoms. The number of hydrogen-bond donors (Lipinski definition) is 0. The average molecular weight is 337 g/mol. The summed E-state index contributed by atoms with van der Waals surface area (Å²) in [4.78, 5) is 14.4. The van der Waals surface area contributed by atoms with E-state index in [4.69, 9.17) is 4.74 Å². The van der Waals surface area contributed by atoms with Crippen molar-refractivity contribution >= 4 is 15.7 Å². The van der Waals surface area contributed by atoms with E-state index in [0.29, 0.717) is 39.1 Å². The first-order valence-corrected chi connectivity index (χ1v) is 9.77. The van der Waals surface area contributed by atoms with E-state index in [9.17, 15) is 13.2 Å². The molecule has 23 heavy (non-hydrogen) atoms. The van der Waals surface area contributed by atoms with Crippen LogP contribution in [-0.4, -0.2) is 49.5 Å². The average Bonchev–Trinajstić information content (AvgIpc) is 2.60. The molecule has 5 nitrogen and oxygen atoms in total. The van der Waals surface area contributed by atoms with Gasteiger partial charge in [-0.15, -0.1) is 0 Å². The lowest BCUT2D eigenvalue weighted by Gasteiger charge is -2.32. The molecule has 1 saturated heterocycles. The number of hydrogen-bond acceptors (Lipinski definition) is 4. The third kappa shape index (κ3) is 3.28. The van der Waals surface area contributed by atoms with Crippen LogP contribution in [0.15, 0.2) is 24.3 Å². The van der Waals surface area contributed by atoms with Crippen molar-refractivity contribution in [3.05, 3.63) is 35.4 Å². The molecule has 0 radical (unpaired) electrons. The Balaban J connectivity index is 1.73. The van der Waals surface area contributed by atoms with Crippen LogP contribution in [0.25, 0.3) is 0 Å². The van der Waals surface area contributed by atoms with E-state index >= 15 is 0 Å². The van der Waals surface area contributed by atoms with E-state index in [0.717, 1.165) is 12.0 Å². The Hall–Kier alpha value is -1.40. The molecule has 0 bridgehead atoms. The number of benzene rings is 1. The number of carbonyl (C=O) groups is 1. The zero-order valence-corrected chi connectivity index (χ0v) is 14.2. The highest BCUT2D eigenvalue weighted by Gasteiger charge is 2.38. The molecule has 2 aliphatic heterocycles. The molecule has 3 rings (SSSR count). The molecule has 0 N–H and O–H groups in total. The zero-order valence-electron chi connectivity index (χ0n) is 13.4. The SMILES string of the molecule is CC(C(=O)N1CCc2ccccc2C1)S(=O)(=O)C1CCOCC1. The van der Waals surface area contributed by atoms with Gasteiger partial charge in [0.1, 0.15) is 5.25 Å². The van der Waals surface area contributed by atoms with E-state index in [1.165, 1.54) is 12.5 Å². The molecular formula is C17H23NO4S. The van der Waals surface area contributed by atoms with E-state index < -0.39 is 20.3 Å². The minimum atomic E-state index is -3.46. The molecule has 2 aliphatic rings. The lowest BCUT2D eigenvalue weighted by atomic mass is 10.00. The Bertz CT molecular complexity index is 680. The zero-order chi connectivity index (χ0) is 16.4. The molecule has 1 unspecified atom stereocenters. The quantitative estimate of drug-likeness (QED) is 0.839. The fraction of sp³-hybridized carbons (Fsp3) is 0.588. The van der Waals surface area contributed by atoms with Crippen molar-refractivity contribution in [1.29, 1.82) is 0 Å². The number of sulfone groups is 1. The summed E-state index contributed by atoms with van der Waals surface area (Å²) in [6.07, 6.45) is 1.76. The highest BCUT2D eigenvalue weighted by Crippen LogP contribution is 2.24. The van der Waals surface area contributed by atoms with Gasteiger partial charge in [0.2, 0.25) is 5.91 Å². The molecule has 6 heteroatoms. The summed E-state index contributed by atoms with van der Waals surface area (Å²) in [6.45, 7) is 3.55. The van der Waals surface area contributed by atoms with Gasteiger partial charge in [-0.3, -0.25) is 4.79 Å². The second kappa shape index (κ2) is 6.61. The molecule has 1 fully saturated rings. The van der Waals surface area contributed by atoms with E-state index in [-0.39, 0.29) is 5.91 Å². The van der Waals surface area contributed by atoms with Gasteiger partial charge in [-0.25, -0.2) is 8.42 Å². The van der Waals surface area contributed by atoms with Crippen LogP contribution in [0.3, 0.4) is 0 Å². The Kier molecular flexibility index (Phi) is 4.73. The molecular weight excluding hydrogens is 314 g/mol. The number of rotatable bonds is 3. The third-order valence-corrected chi connectivity index (χ3v) is 7.50. The van der Waals surface area contributed by atoms with Gasteiger partial charge in [-0.05, 0) is 37.3 Å². The molecule has 1 aromatic rings. The molecule has 126 valence electrons. The molecule has 0 saturated carbocycles. The fourth-order valence-electron chi connectivity index (χ4n) is 3.37. The van der Waals surface area contributed by atoms with Crippen molar-refractivity contribution in [1.82, 2.24) is 4.90 Å². The molecule has 2 heterocycles. The highest BCUT2D eigenvalue weighted by molar-refractivity contribution is 7.93. The maximum Gasteiger partial charge on any atom is 0.240 e. The monoisotopic (exact) mass is 337 g/mol. The van der Waals surface area contributed by atoms with Crippen molar-refractivity contribution in [2.45, 2.75) is 43.2 Å². The molecule has 0 aliphatic carbocycles. The summed E-state index contributed by atoms with van der Waals surface area (Å²) in [5, 5.41) is -1.43. The number of amides is 1. The summed E-state index contributed by atoms with van der Waals surface area (Å²) in [7, 11) is -3.46. The second-order valence-corrected chi connectivity index (χ2v) is 8.87. The van der Waals surface area contributed by atoms with Crippen molar-refractivity contribution in [3.63, 3.8) is 0 Å². The minimum Gasteiger partial charge on any atom is -0.381 e. The number of carbonyl (C=O) groups excluding carboxylic acids is 1. The van der Waals surface area contributed by atoms with Crippen LogP contribution in [-0.2, 0) is 32.3 Å². The summed E-state index contributed by atoms with van der Waals surface area (Å²) in [5.74, 6) is -0.272. The summed E-state index contributed by atoms with van der Waals surface area (Å²) < 4.78 is 30.7. The van der Waals surface area contributed by atoms with Gasteiger partial charge in [-0.1, -0.05) is 24.3 Å². The van der Waals surface area contributed by atoms with Gasteiger partial charge in [0, 0.05) is 26.3 Å². The summed E-state index contributed by atoms with van der Waals surface area (Å²) in [6, 6.07) is 8.02. The van der Waals surface area contributed by atoms with Gasteiger partial charge < -0.3 is 9.64 Å². The number of ether oxygens (including phenoxy) is 1. The lowest BCUT2D eigenvalue weighted by Crippen LogP contribution is -2.47. The van der Waals surface area contributed by atoms with Crippen LogP contribution in [0.2, 0.25) is 0 Å². The molecule has 1 aromatic carbocycles. The first kappa shape index (κ1) is 16.5. The minimum absolute atomic E-state index is 0.272. The second-order valence-electron chi connectivity index (χ2n) is 6.32. The lowest BCUT2D eigenvalue weighted by molar-refractivity contribution is -0.131. The largest absolute Gasteiger partial charge is 0.381 e. The maximum absolute atomic E-state index is 12.7. The molecule has 1 atom stereocenters. The first-order chi connectivity index (χ1) is 11.0. The molecule has 1 amide bonds. The van der Waals surface area contributed by atoms with Crippen molar-refractivity contribution in [3.8, 4) is 0 Å². The van der Waals surface area contributed by atoms with Gasteiger partial charge in [-0.2, -0.15) is 0 Å². The third-order valence-electron chi connectivity index (χ3n) is 4.92. The van der Waals surface area contributed by atoms with Crippen molar-refractivity contribution in [2.75, 3.05) is 19.8 Å². The normalized spacial score (nSPS) is 20.8. The van der Waals surface area contributed by atoms with Crippen LogP contribution < -0.4 is 0 Å². The van der Waals surface area contributed by atoms with E-state index in [1.807, 2.05) is 18.2 Å². The Morgan fingerprint density at radius 3 is 2.57 bits per heavy atom. The van der Waals surface area contributed by atoms with Crippen LogP contribution in [0, 0.1) is 0 Å². The number of fused-ring (bicyclic) bond motifs is 1. The summed E-state index contributed by atoms with van der Waals surface area (Å²) in [5.41, 5.74) is 2.36. The fourth-order valence-corrected chi connectivity index (χ4v) is 5.23. The van der Waals surface area contributed by atoms with Crippen LogP contribution >= 0.6 is 0 Å². The van der Waals surface area contributed by atoms with Crippen molar-refractivity contribution in [2.24, 2.45) is 0 Å². The van der Waals surface area contributed by atoms with Gasteiger partial charge in [0.25, 0.3) is 0 Å². The van der Waals surface area contributed by atoms with Crippen molar-refractivity contribution < 1.29 is 17.9 Å². The predicted octanol–water partition coefficient (Wildman–Crippen LogP) is 1.55. The van der Waals surface area contributed by atoms with Gasteiger partial charge >= 0.3 is 0 Å². The van der Waals surface area contributed by atoms with E-state index in [2.05, 4.69) is 6.07 Å². The van der Waals surface area contributed by atoms with Crippen LogP contribution in [0.5, 0.6) is 0 Å². The van der Waals surface area contributed by atoms with Gasteiger partial charge in [0.15, 0.2) is 9.84 Å². The maximum atomic E-state index is 12.7. The first-order valence-electron chi connectivity index (χ1n) is 8.16. The Morgan fingerprint density at radius 1 is 1.22 bits per heavy atom. The van der Waals surface area contributed by atoms with Crippen LogP contribution in [0.1, 0.15) is 30.9 Å². The van der Waals surface area contributed by atoms with Gasteiger partial charge in [0.05, 0.1) is 5.25 Å². The summed E-state index contributed by atoms with van der Waals surface area (Å²) >= 11 is 0. The Morgan fingerprint density at radius 2 is 1.87 bits per heavy atom.